The first-order valence-electron chi connectivity index (χ1n) is 6.96. The number of nitrogens with zero attached hydrogens (tertiary/aromatic N) is 1. The molecule has 0 saturated carbocycles. The van der Waals surface area contributed by atoms with Gasteiger partial charge in [0.05, 0.1) is 4.90 Å². The molecular weight excluding hydrogens is 278 g/mol. The van der Waals surface area contributed by atoms with Crippen molar-refractivity contribution >= 4 is 10.0 Å². The maximum Gasteiger partial charge on any atom is 0.242 e. The van der Waals surface area contributed by atoms with Crippen LogP contribution in [0.1, 0.15) is 26.0 Å². The number of nitrogens with one attached hydrogen (secondary N) is 2. The van der Waals surface area contributed by atoms with Crippen molar-refractivity contribution in [3.8, 4) is 0 Å². The predicted molar refractivity (Wildman–Crippen MR) is 79.2 cm³/mol. The minimum absolute atomic E-state index is 0.320. The lowest BCUT2D eigenvalue weighted by molar-refractivity contribution is 0.146. The Morgan fingerprint density at radius 3 is 2.70 bits per heavy atom. The number of rotatable bonds is 10. The van der Waals surface area contributed by atoms with Crippen molar-refractivity contribution in [3.05, 3.63) is 18.0 Å². The number of aromatic nitrogens is 1. The van der Waals surface area contributed by atoms with Gasteiger partial charge in [0.25, 0.3) is 0 Å². The standard InChI is InChI=1S/C13H25N3O3S/c1-4-16-11-13(9-12(16)10-14-3)20(17,18)15-7-6-8-19-5-2/h9,11,14-15H,4-8,10H2,1-3H3. The zero-order valence-corrected chi connectivity index (χ0v) is 13.3. The van der Waals surface area contributed by atoms with Crippen LogP contribution in [0.25, 0.3) is 0 Å². The van der Waals surface area contributed by atoms with E-state index in [9.17, 15) is 8.42 Å². The number of aryl methyl sites for hydroxylation is 1. The Morgan fingerprint density at radius 2 is 2.10 bits per heavy atom. The van der Waals surface area contributed by atoms with Crippen LogP contribution >= 0.6 is 0 Å². The molecule has 0 aromatic carbocycles. The van der Waals surface area contributed by atoms with E-state index in [2.05, 4.69) is 10.0 Å². The number of hydrogen-bond donors (Lipinski definition) is 2. The van der Waals surface area contributed by atoms with Crippen molar-refractivity contribution < 1.29 is 13.2 Å². The molecule has 0 unspecified atom stereocenters. The molecule has 0 aliphatic rings. The van der Waals surface area contributed by atoms with Crippen LogP contribution in [0.3, 0.4) is 0 Å². The van der Waals surface area contributed by atoms with E-state index in [0.717, 1.165) is 12.2 Å². The van der Waals surface area contributed by atoms with Gasteiger partial charge in [-0.05, 0) is 33.4 Å². The van der Waals surface area contributed by atoms with Crippen LogP contribution in [0, 0.1) is 0 Å². The number of hydrogen-bond acceptors (Lipinski definition) is 4. The first-order chi connectivity index (χ1) is 9.55. The second-order valence-electron chi connectivity index (χ2n) is 4.43. The molecule has 2 N–H and O–H groups in total. The Bertz CT molecular complexity index is 497. The second-order valence-corrected chi connectivity index (χ2v) is 6.20. The minimum atomic E-state index is -3.43. The molecule has 20 heavy (non-hydrogen) atoms. The topological polar surface area (TPSA) is 72.4 Å². The summed E-state index contributed by atoms with van der Waals surface area (Å²) < 4.78 is 34.0. The number of ether oxygens (including phenoxy) is 1. The summed E-state index contributed by atoms with van der Waals surface area (Å²) in [4.78, 5) is 0.320. The van der Waals surface area contributed by atoms with Gasteiger partial charge in [0.15, 0.2) is 0 Å². The quantitative estimate of drug-likeness (QED) is 0.631. The summed E-state index contributed by atoms with van der Waals surface area (Å²) in [5.41, 5.74) is 0.963. The normalized spacial score (nSPS) is 11.9. The average Bonchev–Trinajstić information content (AvgIpc) is 2.83. The van der Waals surface area contributed by atoms with Crippen molar-refractivity contribution in [3.63, 3.8) is 0 Å². The lowest BCUT2D eigenvalue weighted by Crippen LogP contribution is -2.25. The zero-order valence-electron chi connectivity index (χ0n) is 12.5. The monoisotopic (exact) mass is 303 g/mol. The molecule has 0 aliphatic heterocycles. The van der Waals surface area contributed by atoms with Gasteiger partial charge in [0, 0.05) is 44.7 Å². The molecule has 1 aromatic rings. The lowest BCUT2D eigenvalue weighted by atomic mass is 10.4. The van der Waals surface area contributed by atoms with Crippen LogP contribution in [0.2, 0.25) is 0 Å². The molecule has 1 aromatic heterocycles. The highest BCUT2D eigenvalue weighted by Gasteiger charge is 2.17. The highest BCUT2D eigenvalue weighted by atomic mass is 32.2. The molecule has 7 heteroatoms. The molecule has 0 amide bonds. The van der Waals surface area contributed by atoms with E-state index < -0.39 is 10.0 Å². The third-order valence-electron chi connectivity index (χ3n) is 2.93. The first kappa shape index (κ1) is 17.2. The summed E-state index contributed by atoms with van der Waals surface area (Å²) in [6, 6.07) is 1.71. The van der Waals surface area contributed by atoms with E-state index in [4.69, 9.17) is 4.74 Å². The molecule has 0 radical (unpaired) electrons. The van der Waals surface area contributed by atoms with Crippen molar-refractivity contribution in [2.24, 2.45) is 0 Å². The predicted octanol–water partition coefficient (Wildman–Crippen LogP) is 0.932. The van der Waals surface area contributed by atoms with Crippen LogP contribution in [0.5, 0.6) is 0 Å². The second kappa shape index (κ2) is 8.41. The Morgan fingerprint density at radius 1 is 1.35 bits per heavy atom. The van der Waals surface area contributed by atoms with E-state index in [1.807, 2.05) is 25.5 Å². The fourth-order valence-electron chi connectivity index (χ4n) is 1.90. The molecule has 0 saturated heterocycles. The van der Waals surface area contributed by atoms with Gasteiger partial charge >= 0.3 is 0 Å². The Balaban J connectivity index is 2.67. The molecule has 0 aliphatic carbocycles. The largest absolute Gasteiger partial charge is 0.382 e. The molecule has 1 rings (SSSR count). The third-order valence-corrected chi connectivity index (χ3v) is 4.36. The Hall–Kier alpha value is -0.890. The highest BCUT2D eigenvalue weighted by Crippen LogP contribution is 2.14. The fourth-order valence-corrected chi connectivity index (χ4v) is 3.04. The summed E-state index contributed by atoms with van der Waals surface area (Å²) in [5, 5.41) is 3.04. The summed E-state index contributed by atoms with van der Waals surface area (Å²) in [6.45, 7) is 6.91. The van der Waals surface area contributed by atoms with Gasteiger partial charge in [-0.1, -0.05) is 0 Å². The summed E-state index contributed by atoms with van der Waals surface area (Å²) in [5.74, 6) is 0. The third kappa shape index (κ3) is 4.90. The maximum atomic E-state index is 12.2. The summed E-state index contributed by atoms with van der Waals surface area (Å²) in [7, 11) is -1.59. The van der Waals surface area contributed by atoms with E-state index >= 15 is 0 Å². The van der Waals surface area contributed by atoms with Crippen LogP contribution in [-0.4, -0.2) is 39.8 Å². The summed E-state index contributed by atoms with van der Waals surface area (Å²) in [6.07, 6.45) is 2.35. The average molecular weight is 303 g/mol. The number of sulfonamides is 1. The molecule has 0 bridgehead atoms. The van der Waals surface area contributed by atoms with Gasteiger partial charge < -0.3 is 14.6 Å². The highest BCUT2D eigenvalue weighted by molar-refractivity contribution is 7.89. The van der Waals surface area contributed by atoms with Gasteiger partial charge in [-0.25, -0.2) is 13.1 Å². The molecule has 6 nitrogen and oxygen atoms in total. The van der Waals surface area contributed by atoms with Crippen LogP contribution in [-0.2, 0) is 27.8 Å². The van der Waals surface area contributed by atoms with E-state index in [1.54, 1.807) is 12.3 Å². The maximum absolute atomic E-state index is 12.2. The van der Waals surface area contributed by atoms with Gasteiger partial charge in [-0.3, -0.25) is 0 Å². The molecule has 1 heterocycles. The SMILES string of the molecule is CCOCCCNS(=O)(=O)c1cc(CNC)n(CC)c1. The van der Waals surface area contributed by atoms with Crippen molar-refractivity contribution in [2.45, 2.75) is 38.3 Å². The molecule has 116 valence electrons. The molecule has 0 spiro atoms. The smallest absolute Gasteiger partial charge is 0.242 e. The lowest BCUT2D eigenvalue weighted by Gasteiger charge is -2.05. The van der Waals surface area contributed by atoms with Crippen molar-refractivity contribution in [2.75, 3.05) is 26.8 Å². The van der Waals surface area contributed by atoms with Crippen LogP contribution in [0.15, 0.2) is 17.2 Å². The molecule has 0 atom stereocenters. The van der Waals surface area contributed by atoms with Crippen LogP contribution < -0.4 is 10.0 Å². The first-order valence-corrected chi connectivity index (χ1v) is 8.44. The fraction of sp³-hybridized carbons (Fsp3) is 0.692. The summed E-state index contributed by atoms with van der Waals surface area (Å²) >= 11 is 0. The van der Waals surface area contributed by atoms with Gasteiger partial charge in [-0.15, -0.1) is 0 Å². The van der Waals surface area contributed by atoms with Crippen LogP contribution in [0.4, 0.5) is 0 Å². The van der Waals surface area contributed by atoms with Crippen molar-refractivity contribution in [1.82, 2.24) is 14.6 Å². The van der Waals surface area contributed by atoms with E-state index in [1.165, 1.54) is 0 Å². The molecule has 0 fully saturated rings. The van der Waals surface area contributed by atoms with E-state index in [0.29, 0.717) is 37.6 Å². The molecular formula is C13H25N3O3S. The minimum Gasteiger partial charge on any atom is -0.382 e. The van der Waals surface area contributed by atoms with Gasteiger partial charge in [0.2, 0.25) is 10.0 Å². The van der Waals surface area contributed by atoms with Gasteiger partial charge in [-0.2, -0.15) is 0 Å². The van der Waals surface area contributed by atoms with Gasteiger partial charge in [0.1, 0.15) is 0 Å². The van der Waals surface area contributed by atoms with Crippen molar-refractivity contribution in [1.29, 1.82) is 0 Å². The Labute approximate surface area is 121 Å². The zero-order chi connectivity index (χ0) is 15.0. The Kier molecular flexibility index (Phi) is 7.22. The van der Waals surface area contributed by atoms with E-state index in [-0.39, 0.29) is 0 Å².